The fourth-order valence-corrected chi connectivity index (χ4v) is 4.53. The zero-order valence-electron chi connectivity index (χ0n) is 17.0. The topological polar surface area (TPSA) is 135 Å². The van der Waals surface area contributed by atoms with Gasteiger partial charge in [-0.2, -0.15) is 13.2 Å². The second-order valence-electron chi connectivity index (χ2n) is 7.23. The number of thiophene rings is 1. The first-order valence-electron chi connectivity index (χ1n) is 9.76. The number of carbonyl (C=O) groups is 2. The third-order valence-electron chi connectivity index (χ3n) is 4.87. The van der Waals surface area contributed by atoms with Gasteiger partial charge in [0, 0.05) is 22.8 Å². The number of carboxylic acids is 1. The van der Waals surface area contributed by atoms with E-state index in [1.165, 1.54) is 17.8 Å². The van der Waals surface area contributed by atoms with Crippen molar-refractivity contribution in [3.8, 4) is 0 Å². The molecule has 1 amide bonds. The average Bonchev–Trinajstić information content (AvgIpc) is 3.35. The highest BCUT2D eigenvalue weighted by atomic mass is 79.9. The zero-order chi connectivity index (χ0) is 24.2. The number of amides is 1. The highest BCUT2D eigenvalue weighted by Gasteiger charge is 2.38. The molecule has 2 atom stereocenters. The van der Waals surface area contributed by atoms with Gasteiger partial charge in [0.25, 0.3) is 5.91 Å². The van der Waals surface area contributed by atoms with Gasteiger partial charge >= 0.3 is 12.1 Å². The van der Waals surface area contributed by atoms with Gasteiger partial charge in [-0.05, 0) is 40.9 Å². The molecule has 3 aromatic heterocycles. The molecule has 33 heavy (non-hydrogen) atoms. The van der Waals surface area contributed by atoms with E-state index in [9.17, 15) is 18.0 Å². The first kappa shape index (κ1) is 24.9. The molecular weight excluding hydrogens is 529 g/mol. The number of nitrogens with zero attached hydrogens (tertiary/aromatic N) is 3. The summed E-state index contributed by atoms with van der Waals surface area (Å²) in [5.74, 6) is -2.49. The van der Waals surface area contributed by atoms with Crippen molar-refractivity contribution in [1.82, 2.24) is 14.6 Å². The first-order chi connectivity index (χ1) is 15.6. The van der Waals surface area contributed by atoms with Crippen molar-refractivity contribution >= 4 is 56.3 Å². The van der Waals surface area contributed by atoms with E-state index < -0.39 is 12.1 Å². The van der Waals surface area contributed by atoms with Crippen molar-refractivity contribution in [3.63, 3.8) is 0 Å². The third kappa shape index (κ3) is 6.42. The Morgan fingerprint density at radius 2 is 1.94 bits per heavy atom. The van der Waals surface area contributed by atoms with E-state index in [0.29, 0.717) is 11.6 Å². The van der Waals surface area contributed by atoms with E-state index in [-0.39, 0.29) is 18.0 Å². The monoisotopic (exact) mass is 548 g/mol. The lowest BCUT2D eigenvalue weighted by molar-refractivity contribution is -0.192. The predicted octanol–water partition coefficient (Wildman–Crippen LogP) is 4.12. The van der Waals surface area contributed by atoms with Crippen molar-refractivity contribution in [2.75, 3.05) is 10.6 Å². The molecule has 0 radical (unpaired) electrons. The van der Waals surface area contributed by atoms with E-state index in [2.05, 4.69) is 36.6 Å². The van der Waals surface area contributed by atoms with Crippen molar-refractivity contribution in [2.45, 2.75) is 43.9 Å². The summed E-state index contributed by atoms with van der Waals surface area (Å²) < 4.78 is 34.2. The van der Waals surface area contributed by atoms with E-state index in [4.69, 9.17) is 15.6 Å². The number of nitrogens with two attached hydrogens (primary N) is 1. The fraction of sp³-hybridized carbons (Fsp3) is 0.368. The molecule has 1 aliphatic carbocycles. The summed E-state index contributed by atoms with van der Waals surface area (Å²) >= 11 is 4.94. The number of rotatable bonds is 4. The maximum Gasteiger partial charge on any atom is 0.490 e. The number of fused-ring (bicyclic) bond motifs is 1. The number of aromatic nitrogens is 3. The molecule has 4 rings (SSSR count). The molecule has 1 fully saturated rings. The van der Waals surface area contributed by atoms with E-state index >= 15 is 0 Å². The molecule has 3 aromatic rings. The van der Waals surface area contributed by atoms with Crippen molar-refractivity contribution in [2.24, 2.45) is 5.73 Å². The van der Waals surface area contributed by atoms with Crippen LogP contribution < -0.4 is 16.4 Å². The number of nitrogens with one attached hydrogen (secondary N) is 2. The van der Waals surface area contributed by atoms with Crippen LogP contribution in [0.2, 0.25) is 0 Å². The Balaban J connectivity index is 0.000000383. The molecule has 178 valence electrons. The number of halogens is 4. The minimum absolute atomic E-state index is 0.103. The quantitative estimate of drug-likeness (QED) is 0.385. The number of hydrogen-bond acceptors (Lipinski definition) is 7. The molecule has 14 heteroatoms. The fourth-order valence-electron chi connectivity index (χ4n) is 3.20. The van der Waals surface area contributed by atoms with Gasteiger partial charge in [-0.15, -0.1) is 16.4 Å². The van der Waals surface area contributed by atoms with Crippen LogP contribution in [0.25, 0.3) is 5.52 Å². The number of carbonyl (C=O) groups excluding carboxylic acids is 1. The molecule has 9 nitrogen and oxygen atoms in total. The molecule has 0 spiro atoms. The van der Waals surface area contributed by atoms with Gasteiger partial charge in [-0.25, -0.2) is 14.3 Å². The molecule has 1 saturated carbocycles. The van der Waals surface area contributed by atoms with Gasteiger partial charge < -0.3 is 21.5 Å². The van der Waals surface area contributed by atoms with E-state index in [1.54, 1.807) is 16.8 Å². The molecule has 5 N–H and O–H groups in total. The van der Waals surface area contributed by atoms with Gasteiger partial charge in [0.05, 0.1) is 21.9 Å². The maximum absolute atomic E-state index is 12.6. The zero-order valence-corrected chi connectivity index (χ0v) is 19.4. The molecule has 0 unspecified atom stereocenters. The highest BCUT2D eigenvalue weighted by molar-refractivity contribution is 9.10. The average molecular weight is 549 g/mol. The number of aliphatic carboxylic acids is 1. The molecule has 0 aromatic carbocycles. The second-order valence-corrected chi connectivity index (χ2v) is 8.82. The van der Waals surface area contributed by atoms with Gasteiger partial charge in [0.2, 0.25) is 5.95 Å². The molecule has 0 saturated heterocycles. The molecular formula is C19H20BrF3N6O3S. The SMILES string of the molecule is N[C@H]1CCCC[C@H]1Nc1ncc2ccc(C(=O)Nc3cscc3Br)n2n1.O=C(O)C(F)(F)F. The van der Waals surface area contributed by atoms with E-state index in [0.717, 1.165) is 34.9 Å². The normalized spacial score (nSPS) is 18.3. The van der Waals surface area contributed by atoms with Gasteiger partial charge in [-0.3, -0.25) is 4.79 Å². The van der Waals surface area contributed by atoms with Crippen molar-refractivity contribution in [1.29, 1.82) is 0 Å². The number of hydrogen-bond donors (Lipinski definition) is 4. The van der Waals surface area contributed by atoms with Crippen LogP contribution in [0.3, 0.4) is 0 Å². The summed E-state index contributed by atoms with van der Waals surface area (Å²) in [5.41, 5.74) is 8.16. The Morgan fingerprint density at radius 1 is 1.24 bits per heavy atom. The predicted molar refractivity (Wildman–Crippen MR) is 121 cm³/mol. The Bertz CT molecular complexity index is 1140. The summed E-state index contributed by atoms with van der Waals surface area (Å²) in [6, 6.07) is 3.84. The van der Waals surface area contributed by atoms with Crippen LogP contribution >= 0.6 is 27.3 Å². The molecule has 0 bridgehead atoms. The largest absolute Gasteiger partial charge is 0.490 e. The first-order valence-corrected chi connectivity index (χ1v) is 11.5. The van der Waals surface area contributed by atoms with Crippen LogP contribution in [-0.4, -0.2) is 49.8 Å². The Hall–Kier alpha value is -2.71. The lowest BCUT2D eigenvalue weighted by Gasteiger charge is -2.29. The Morgan fingerprint density at radius 3 is 2.55 bits per heavy atom. The Kier molecular flexibility index (Phi) is 7.92. The lowest BCUT2D eigenvalue weighted by Crippen LogP contribution is -2.43. The van der Waals surface area contributed by atoms with Crippen molar-refractivity contribution < 1.29 is 27.9 Å². The van der Waals surface area contributed by atoms with Crippen LogP contribution in [0.5, 0.6) is 0 Å². The van der Waals surface area contributed by atoms with Crippen LogP contribution in [0.4, 0.5) is 24.8 Å². The second kappa shape index (κ2) is 10.5. The Labute approximate surface area is 198 Å². The molecule has 1 aliphatic rings. The minimum Gasteiger partial charge on any atom is -0.475 e. The number of carboxylic acid groups (broad SMARTS) is 1. The summed E-state index contributed by atoms with van der Waals surface area (Å²) in [6.07, 6.45) is 0.959. The van der Waals surface area contributed by atoms with Crippen LogP contribution in [0, 0.1) is 0 Å². The maximum atomic E-state index is 12.6. The highest BCUT2D eigenvalue weighted by Crippen LogP contribution is 2.27. The number of alkyl halides is 3. The summed E-state index contributed by atoms with van der Waals surface area (Å²) in [7, 11) is 0. The van der Waals surface area contributed by atoms with Crippen LogP contribution in [-0.2, 0) is 4.79 Å². The van der Waals surface area contributed by atoms with E-state index in [1.807, 2.05) is 16.8 Å². The van der Waals surface area contributed by atoms with Crippen LogP contribution in [0.15, 0.2) is 33.6 Å². The van der Waals surface area contributed by atoms with Gasteiger partial charge in [0.1, 0.15) is 5.69 Å². The van der Waals surface area contributed by atoms with Gasteiger partial charge in [0.15, 0.2) is 0 Å². The molecule has 0 aliphatic heterocycles. The standard InChI is InChI=1S/C17H19BrN6OS.C2HF3O2/c18-11-8-26-9-14(11)21-16(25)15-6-5-10-7-20-17(23-24(10)15)22-13-4-2-1-3-12(13)19;3-2(4,5)1(6)7/h5-9,12-13H,1-4,19H2,(H,21,25)(H,22,23);(H,6,7)/t12-,13+;/m0./s1. The smallest absolute Gasteiger partial charge is 0.475 e. The lowest BCUT2D eigenvalue weighted by atomic mass is 9.91. The minimum atomic E-state index is -5.08. The van der Waals surface area contributed by atoms with Crippen LogP contribution in [0.1, 0.15) is 36.2 Å². The summed E-state index contributed by atoms with van der Waals surface area (Å²) in [5, 5.41) is 21.7. The van der Waals surface area contributed by atoms with Gasteiger partial charge in [-0.1, -0.05) is 12.8 Å². The van der Waals surface area contributed by atoms with Crippen molar-refractivity contribution in [3.05, 3.63) is 39.3 Å². The number of anilines is 2. The molecule has 3 heterocycles. The summed E-state index contributed by atoms with van der Waals surface area (Å²) in [4.78, 5) is 25.9. The third-order valence-corrected chi connectivity index (χ3v) is 6.57. The summed E-state index contributed by atoms with van der Waals surface area (Å²) in [6.45, 7) is 0.